The molecule has 0 aliphatic carbocycles. The molecule has 226 valence electrons. The monoisotopic (exact) mass is 717 g/mol. The lowest BCUT2D eigenvalue weighted by Gasteiger charge is -2.22. The van der Waals surface area contributed by atoms with Crippen LogP contribution in [0.3, 0.4) is 0 Å². The molecule has 1 fully saturated rings. The predicted octanol–water partition coefficient (Wildman–Crippen LogP) is 8.76. The molecule has 5 aromatic rings. The van der Waals surface area contributed by atoms with Crippen LogP contribution in [0.2, 0.25) is 5.02 Å². The van der Waals surface area contributed by atoms with E-state index >= 15 is 0 Å². The third kappa shape index (κ3) is 6.69. The van der Waals surface area contributed by atoms with Gasteiger partial charge < -0.3 is 9.84 Å². The third-order valence-electron chi connectivity index (χ3n) is 7.32. The number of carbonyl (C=O) groups is 2. The Kier molecular flexibility index (Phi) is 9.37. The first-order valence-electron chi connectivity index (χ1n) is 13.8. The van der Waals surface area contributed by atoms with E-state index < -0.39 is 17.7 Å². The largest absolute Gasteiger partial charge is 0.507 e. The Labute approximate surface area is 281 Å². The van der Waals surface area contributed by atoms with Gasteiger partial charge in [0.1, 0.15) is 18.1 Å². The van der Waals surface area contributed by atoms with E-state index in [1.165, 1.54) is 28.0 Å². The predicted molar refractivity (Wildman–Crippen MR) is 182 cm³/mol. The van der Waals surface area contributed by atoms with Crippen LogP contribution in [0, 0.1) is 6.92 Å². The molecule has 1 N–H and O–H groups in total. The minimum absolute atomic E-state index is 0.0311. The zero-order chi connectivity index (χ0) is 31.5. The van der Waals surface area contributed by atoms with Crippen LogP contribution < -0.4 is 9.64 Å². The zero-order valence-corrected chi connectivity index (χ0v) is 27.8. The maximum Gasteiger partial charge on any atom is 0.301 e. The van der Waals surface area contributed by atoms with E-state index in [0.29, 0.717) is 38.6 Å². The molecule has 1 unspecified atom stereocenters. The van der Waals surface area contributed by atoms with Crippen molar-refractivity contribution in [3.05, 3.63) is 140 Å². The maximum atomic E-state index is 13.6. The van der Waals surface area contributed by atoms with Crippen LogP contribution >= 0.6 is 50.6 Å². The summed E-state index contributed by atoms with van der Waals surface area (Å²) in [7, 11) is 0. The second-order valence-electron chi connectivity index (χ2n) is 10.2. The summed E-state index contributed by atoms with van der Waals surface area (Å²) in [6, 6.07) is 28.7. The van der Waals surface area contributed by atoms with Gasteiger partial charge in [0.15, 0.2) is 4.34 Å². The minimum atomic E-state index is -0.913. The Morgan fingerprint density at radius 1 is 0.956 bits per heavy atom. The highest BCUT2D eigenvalue weighted by Gasteiger charge is 2.48. The van der Waals surface area contributed by atoms with Crippen molar-refractivity contribution in [1.29, 1.82) is 0 Å². The van der Waals surface area contributed by atoms with E-state index in [-0.39, 0.29) is 16.5 Å². The second-order valence-corrected chi connectivity index (χ2v) is 13.7. The van der Waals surface area contributed by atoms with Crippen molar-refractivity contribution in [2.24, 2.45) is 0 Å². The maximum absolute atomic E-state index is 13.6. The summed E-state index contributed by atoms with van der Waals surface area (Å²) in [6.07, 6.45) is 0. The molecule has 4 aromatic carbocycles. The van der Waals surface area contributed by atoms with Gasteiger partial charge in [-0.1, -0.05) is 105 Å². The second kappa shape index (κ2) is 13.6. The molecule has 0 spiro atoms. The van der Waals surface area contributed by atoms with Gasteiger partial charge in [-0.15, -0.1) is 10.2 Å². The average molecular weight is 719 g/mol. The molecule has 2 heterocycles. The molecule has 1 atom stereocenters. The number of hydrogen-bond donors (Lipinski definition) is 1. The number of nitrogens with zero attached hydrogens (tertiary/aromatic N) is 3. The topological polar surface area (TPSA) is 92.6 Å². The van der Waals surface area contributed by atoms with E-state index in [4.69, 9.17) is 16.3 Å². The van der Waals surface area contributed by atoms with Gasteiger partial charge in [0.25, 0.3) is 5.78 Å². The fourth-order valence-electron chi connectivity index (χ4n) is 4.90. The number of rotatable bonds is 9. The lowest BCUT2D eigenvalue weighted by Crippen LogP contribution is -2.29. The molecule has 0 radical (unpaired) electrons. The van der Waals surface area contributed by atoms with E-state index in [0.717, 1.165) is 21.2 Å². The smallest absolute Gasteiger partial charge is 0.301 e. The van der Waals surface area contributed by atoms with Gasteiger partial charge in [0.05, 0.1) is 11.6 Å². The van der Waals surface area contributed by atoms with Crippen LogP contribution in [0.4, 0.5) is 5.13 Å². The number of Topliss-reactive ketones (excluding diaryl/α,β-unsaturated/α-hetero) is 1. The zero-order valence-electron chi connectivity index (χ0n) is 23.8. The Morgan fingerprint density at radius 3 is 2.36 bits per heavy atom. The van der Waals surface area contributed by atoms with Crippen LogP contribution in [0.5, 0.6) is 5.75 Å². The number of ether oxygens (including phenoxy) is 1. The number of thioether (sulfide) groups is 1. The molecule has 0 saturated carbocycles. The van der Waals surface area contributed by atoms with Gasteiger partial charge in [0, 0.05) is 20.8 Å². The summed E-state index contributed by atoms with van der Waals surface area (Å²) in [5.74, 6) is -0.710. The van der Waals surface area contributed by atoms with Gasteiger partial charge in [-0.3, -0.25) is 14.5 Å². The van der Waals surface area contributed by atoms with Crippen molar-refractivity contribution in [2.75, 3.05) is 4.90 Å². The number of amides is 1. The highest BCUT2D eigenvalue weighted by molar-refractivity contribution is 9.10. The first-order chi connectivity index (χ1) is 21.8. The summed E-state index contributed by atoms with van der Waals surface area (Å²) in [4.78, 5) is 28.4. The van der Waals surface area contributed by atoms with Gasteiger partial charge in [0.2, 0.25) is 5.13 Å². The number of hydrogen-bond acceptors (Lipinski definition) is 8. The average Bonchev–Trinajstić information content (AvgIpc) is 3.62. The standard InChI is InChI=1S/C34H25BrClN3O4S2/c1-20-6-2-3-7-23(20)18-43-26-16-12-22(13-17-26)30(40)28-29(21-10-14-25(35)15-11-21)39(32(42)31(28)41)33-37-38-34(45-33)44-19-24-8-4-5-9-27(24)36/h2-17,29,40H,18-19H2,1H3/b30-28+. The van der Waals surface area contributed by atoms with E-state index in [1.54, 1.807) is 36.4 Å². The summed E-state index contributed by atoms with van der Waals surface area (Å²) in [6.45, 7) is 2.42. The van der Waals surface area contributed by atoms with E-state index in [2.05, 4.69) is 26.1 Å². The Morgan fingerprint density at radius 2 is 1.64 bits per heavy atom. The molecule has 1 aliphatic heterocycles. The first kappa shape index (κ1) is 31.0. The lowest BCUT2D eigenvalue weighted by atomic mass is 9.95. The molecule has 1 saturated heterocycles. The van der Waals surface area contributed by atoms with Crippen molar-refractivity contribution >= 4 is 73.2 Å². The van der Waals surface area contributed by atoms with Gasteiger partial charge in [-0.2, -0.15) is 0 Å². The number of anilines is 1. The van der Waals surface area contributed by atoms with Crippen LogP contribution in [-0.2, 0) is 21.9 Å². The lowest BCUT2D eigenvalue weighted by molar-refractivity contribution is -0.132. The number of carbonyl (C=O) groups excluding carboxylic acids is 2. The first-order valence-corrected chi connectivity index (χ1v) is 16.8. The third-order valence-corrected chi connectivity index (χ3v) is 10.3. The fourth-order valence-corrected chi connectivity index (χ4v) is 7.32. The highest BCUT2D eigenvalue weighted by Crippen LogP contribution is 2.44. The fraction of sp³-hybridized carbons (Fsp3) is 0.118. The molecule has 7 nitrogen and oxygen atoms in total. The summed E-state index contributed by atoms with van der Waals surface area (Å²) < 4.78 is 7.40. The van der Waals surface area contributed by atoms with Crippen LogP contribution in [0.25, 0.3) is 5.76 Å². The molecule has 11 heteroatoms. The Hall–Kier alpha value is -3.96. The van der Waals surface area contributed by atoms with Gasteiger partial charge >= 0.3 is 5.91 Å². The molecule has 6 rings (SSSR count). The van der Waals surface area contributed by atoms with Crippen molar-refractivity contribution in [2.45, 2.75) is 29.7 Å². The summed E-state index contributed by atoms with van der Waals surface area (Å²) >= 11 is 12.4. The minimum Gasteiger partial charge on any atom is -0.507 e. The Balaban J connectivity index is 1.30. The van der Waals surface area contributed by atoms with E-state index in [9.17, 15) is 14.7 Å². The van der Waals surface area contributed by atoms with Crippen LogP contribution in [-0.4, -0.2) is 27.0 Å². The van der Waals surface area contributed by atoms with E-state index in [1.807, 2.05) is 67.6 Å². The Bertz CT molecular complexity index is 1910. The molecule has 1 amide bonds. The summed E-state index contributed by atoms with van der Waals surface area (Å²) in [5, 5.41) is 21.0. The number of aliphatic hydroxyl groups excluding tert-OH is 1. The van der Waals surface area contributed by atoms with Gasteiger partial charge in [-0.05, 0) is 71.6 Å². The van der Waals surface area contributed by atoms with Crippen LogP contribution in [0.1, 0.15) is 33.9 Å². The molecular weight excluding hydrogens is 694 g/mol. The SMILES string of the molecule is Cc1ccccc1COc1ccc(/C(O)=C2\C(=O)C(=O)N(c3nnc(SCc4ccccc4Cl)s3)C2c2ccc(Br)cc2)cc1. The molecular formula is C34H25BrClN3O4S2. The number of aryl methyl sites for hydroxylation is 1. The van der Waals surface area contributed by atoms with Crippen molar-refractivity contribution < 1.29 is 19.4 Å². The number of halogens is 2. The molecule has 1 aliphatic rings. The van der Waals surface area contributed by atoms with Crippen LogP contribution in [0.15, 0.2) is 111 Å². The normalized spacial score (nSPS) is 15.9. The number of ketones is 1. The highest BCUT2D eigenvalue weighted by atomic mass is 79.9. The molecule has 45 heavy (non-hydrogen) atoms. The summed E-state index contributed by atoms with van der Waals surface area (Å²) in [5.41, 5.74) is 4.13. The number of aromatic nitrogens is 2. The molecule has 1 aromatic heterocycles. The van der Waals surface area contributed by atoms with Crippen molar-refractivity contribution in [3.63, 3.8) is 0 Å². The number of aliphatic hydroxyl groups is 1. The van der Waals surface area contributed by atoms with Gasteiger partial charge in [-0.25, -0.2) is 0 Å². The quantitative estimate of drug-likeness (QED) is 0.0536. The van der Waals surface area contributed by atoms with Crippen molar-refractivity contribution in [1.82, 2.24) is 10.2 Å². The van der Waals surface area contributed by atoms with Crippen molar-refractivity contribution in [3.8, 4) is 5.75 Å². The molecule has 0 bridgehead atoms. The number of benzene rings is 4.